The number of H-pyrrole nitrogens is 1. The first-order valence-electron chi connectivity index (χ1n) is 5.55. The van der Waals surface area contributed by atoms with Gasteiger partial charge in [-0.05, 0) is 24.4 Å². The van der Waals surface area contributed by atoms with E-state index in [2.05, 4.69) is 20.7 Å². The average Bonchev–Trinajstić information content (AvgIpc) is 2.87. The number of guanidine groups is 1. The highest BCUT2D eigenvalue weighted by atomic mass is 32.1. The highest BCUT2D eigenvalue weighted by Crippen LogP contribution is 2.05. The van der Waals surface area contributed by atoms with Crippen LogP contribution < -0.4 is 16.3 Å². The van der Waals surface area contributed by atoms with Crippen LogP contribution in [0.3, 0.4) is 0 Å². The Labute approximate surface area is 107 Å². The summed E-state index contributed by atoms with van der Waals surface area (Å²) in [7, 11) is 0. The lowest BCUT2D eigenvalue weighted by Gasteiger charge is -2.10. The summed E-state index contributed by atoms with van der Waals surface area (Å²) in [4.78, 5) is 19.4. The molecule has 0 amide bonds. The highest BCUT2D eigenvalue weighted by molar-refractivity contribution is 7.71. The van der Waals surface area contributed by atoms with E-state index < -0.39 is 0 Å². The van der Waals surface area contributed by atoms with Crippen molar-refractivity contribution in [1.82, 2.24) is 15.0 Å². The van der Waals surface area contributed by atoms with E-state index in [0.717, 1.165) is 12.1 Å². The predicted octanol–water partition coefficient (Wildman–Crippen LogP) is 0.562. The molecule has 0 fully saturated rings. The highest BCUT2D eigenvalue weighted by Gasteiger charge is 2.09. The molecule has 2 aromatic rings. The Morgan fingerprint density at radius 3 is 3.00 bits per heavy atom. The molecule has 1 aromatic heterocycles. The quantitative estimate of drug-likeness (QED) is 0.656. The minimum atomic E-state index is -0.189. The molecular formula is C11H11N5OS. The zero-order chi connectivity index (χ0) is 12.5. The molecule has 3 rings (SSSR count). The number of aromatic nitrogens is 2. The fourth-order valence-corrected chi connectivity index (χ4v) is 2.08. The molecule has 0 saturated carbocycles. The van der Waals surface area contributed by atoms with Gasteiger partial charge in [-0.25, -0.2) is 0 Å². The number of aromatic amines is 1. The molecule has 0 saturated heterocycles. The van der Waals surface area contributed by atoms with E-state index in [9.17, 15) is 4.79 Å². The van der Waals surface area contributed by atoms with Crippen molar-refractivity contribution in [3.8, 4) is 0 Å². The molecule has 0 radical (unpaired) electrons. The largest absolute Gasteiger partial charge is 0.353 e. The third-order valence-electron chi connectivity index (χ3n) is 2.70. The van der Waals surface area contributed by atoms with Crippen LogP contribution in [0.15, 0.2) is 34.1 Å². The van der Waals surface area contributed by atoms with Gasteiger partial charge in [0.15, 0.2) is 4.77 Å². The molecule has 0 spiro atoms. The predicted molar refractivity (Wildman–Crippen MR) is 73.1 cm³/mol. The maximum Gasteiger partial charge on any atom is 0.281 e. The van der Waals surface area contributed by atoms with E-state index in [1.807, 2.05) is 18.2 Å². The Morgan fingerprint density at radius 1 is 1.39 bits per heavy atom. The molecule has 18 heavy (non-hydrogen) atoms. The van der Waals surface area contributed by atoms with Crippen molar-refractivity contribution < 1.29 is 0 Å². The SMILES string of the molecule is O=c1c2ccccc2[nH]c(=S)n1NC1=NCCN1. The van der Waals surface area contributed by atoms with Crippen LogP contribution in [-0.2, 0) is 0 Å². The Kier molecular flexibility index (Phi) is 2.60. The van der Waals surface area contributed by atoms with Crippen molar-refractivity contribution >= 4 is 29.1 Å². The summed E-state index contributed by atoms with van der Waals surface area (Å²) in [5.41, 5.74) is 3.42. The van der Waals surface area contributed by atoms with Crippen molar-refractivity contribution in [1.29, 1.82) is 0 Å². The topological polar surface area (TPSA) is 74.2 Å². The second-order valence-electron chi connectivity index (χ2n) is 3.89. The fourth-order valence-electron chi connectivity index (χ4n) is 1.84. The van der Waals surface area contributed by atoms with Crippen LogP contribution in [0, 0.1) is 4.77 Å². The Balaban J connectivity index is 2.17. The smallest absolute Gasteiger partial charge is 0.281 e. The van der Waals surface area contributed by atoms with E-state index in [1.165, 1.54) is 4.68 Å². The maximum atomic E-state index is 12.3. The van der Waals surface area contributed by atoms with E-state index in [4.69, 9.17) is 12.2 Å². The molecule has 1 aliphatic heterocycles. The summed E-state index contributed by atoms with van der Waals surface area (Å²) in [5.74, 6) is 0.562. The van der Waals surface area contributed by atoms with Crippen LogP contribution in [0.5, 0.6) is 0 Å². The standard InChI is InChI=1S/C11H11N5OS/c17-9-7-3-1-2-4-8(7)14-11(18)16(9)15-10-12-5-6-13-10/h1-4H,5-6H2,(H,14,18)(H2,12,13,15). The number of nitrogens with zero attached hydrogens (tertiary/aromatic N) is 2. The molecule has 92 valence electrons. The lowest BCUT2D eigenvalue weighted by atomic mass is 10.2. The number of rotatable bonds is 1. The Morgan fingerprint density at radius 2 is 2.22 bits per heavy atom. The summed E-state index contributed by atoms with van der Waals surface area (Å²) in [5, 5.41) is 3.61. The molecule has 7 heteroatoms. The average molecular weight is 261 g/mol. The fraction of sp³-hybridized carbons (Fsp3) is 0.182. The van der Waals surface area contributed by atoms with E-state index >= 15 is 0 Å². The minimum Gasteiger partial charge on any atom is -0.353 e. The molecule has 6 nitrogen and oxygen atoms in total. The van der Waals surface area contributed by atoms with Crippen LogP contribution in [0.1, 0.15) is 0 Å². The number of hydrogen-bond donors (Lipinski definition) is 3. The monoisotopic (exact) mass is 261 g/mol. The van der Waals surface area contributed by atoms with E-state index in [-0.39, 0.29) is 5.56 Å². The van der Waals surface area contributed by atoms with Gasteiger partial charge in [0.05, 0.1) is 17.4 Å². The molecule has 0 unspecified atom stereocenters. The van der Waals surface area contributed by atoms with E-state index in [0.29, 0.717) is 22.7 Å². The van der Waals surface area contributed by atoms with E-state index in [1.54, 1.807) is 6.07 Å². The van der Waals surface area contributed by atoms with Gasteiger partial charge >= 0.3 is 0 Å². The van der Waals surface area contributed by atoms with Crippen molar-refractivity contribution in [3.63, 3.8) is 0 Å². The van der Waals surface area contributed by atoms with Crippen LogP contribution in [0.2, 0.25) is 0 Å². The van der Waals surface area contributed by atoms with Crippen LogP contribution in [-0.4, -0.2) is 28.7 Å². The van der Waals surface area contributed by atoms with Crippen molar-refractivity contribution in [2.75, 3.05) is 18.5 Å². The summed E-state index contributed by atoms with van der Waals surface area (Å²) in [6.45, 7) is 1.46. The normalized spacial score (nSPS) is 14.3. The van der Waals surface area contributed by atoms with Crippen LogP contribution in [0.4, 0.5) is 0 Å². The summed E-state index contributed by atoms with van der Waals surface area (Å²) in [6.07, 6.45) is 0. The molecule has 2 heterocycles. The van der Waals surface area contributed by atoms with Gasteiger partial charge in [-0.1, -0.05) is 12.1 Å². The third kappa shape index (κ3) is 1.78. The van der Waals surface area contributed by atoms with Gasteiger partial charge in [0.25, 0.3) is 5.56 Å². The third-order valence-corrected chi connectivity index (χ3v) is 2.98. The second kappa shape index (κ2) is 4.26. The van der Waals surface area contributed by atoms with Crippen LogP contribution >= 0.6 is 12.2 Å². The molecule has 1 aromatic carbocycles. The summed E-state index contributed by atoms with van der Waals surface area (Å²) >= 11 is 5.16. The number of para-hydroxylation sites is 1. The molecule has 0 atom stereocenters. The molecule has 0 aliphatic carbocycles. The van der Waals surface area contributed by atoms with Gasteiger partial charge in [-0.3, -0.25) is 15.2 Å². The lowest BCUT2D eigenvalue weighted by Crippen LogP contribution is -2.39. The second-order valence-corrected chi connectivity index (χ2v) is 4.27. The number of hydrogen-bond acceptors (Lipinski definition) is 5. The Bertz CT molecular complexity index is 745. The van der Waals surface area contributed by atoms with Gasteiger partial charge in [0, 0.05) is 6.54 Å². The maximum absolute atomic E-state index is 12.3. The van der Waals surface area contributed by atoms with Crippen LogP contribution in [0.25, 0.3) is 10.9 Å². The van der Waals surface area contributed by atoms with Gasteiger partial charge in [-0.2, -0.15) is 4.68 Å². The first kappa shape index (κ1) is 11.0. The summed E-state index contributed by atoms with van der Waals surface area (Å²) < 4.78 is 1.60. The van der Waals surface area contributed by atoms with Crippen molar-refractivity contribution in [3.05, 3.63) is 39.4 Å². The van der Waals surface area contributed by atoms with Gasteiger partial charge in [0.2, 0.25) is 5.96 Å². The number of benzene rings is 1. The molecule has 3 N–H and O–H groups in total. The first-order chi connectivity index (χ1) is 8.75. The number of aliphatic imine (C=N–C) groups is 1. The number of nitrogens with one attached hydrogen (secondary N) is 3. The molecule has 1 aliphatic rings. The van der Waals surface area contributed by atoms with Gasteiger partial charge < -0.3 is 10.3 Å². The molecule has 0 bridgehead atoms. The molecular weight excluding hydrogens is 250 g/mol. The zero-order valence-corrected chi connectivity index (χ0v) is 10.3. The summed E-state index contributed by atoms with van der Waals surface area (Å²) in [6, 6.07) is 7.25. The van der Waals surface area contributed by atoms with Crippen molar-refractivity contribution in [2.45, 2.75) is 0 Å². The zero-order valence-electron chi connectivity index (χ0n) is 9.43. The van der Waals surface area contributed by atoms with Gasteiger partial charge in [0.1, 0.15) is 0 Å². The van der Waals surface area contributed by atoms with Crippen molar-refractivity contribution in [2.24, 2.45) is 4.99 Å². The Hall–Kier alpha value is -2.15. The number of fused-ring (bicyclic) bond motifs is 1. The minimum absolute atomic E-state index is 0.189. The van der Waals surface area contributed by atoms with Gasteiger partial charge in [-0.15, -0.1) is 0 Å². The lowest BCUT2D eigenvalue weighted by molar-refractivity contribution is 0.857. The first-order valence-corrected chi connectivity index (χ1v) is 5.96.